The average molecular weight is 649 g/mol. The number of hydroxylamine groups is 2. The summed E-state index contributed by atoms with van der Waals surface area (Å²) in [5.74, 6) is 2.12. The van der Waals surface area contributed by atoms with E-state index in [2.05, 4.69) is 36.3 Å². The normalized spacial score (nSPS) is 41.5. The Morgan fingerprint density at radius 3 is 2.46 bits per heavy atom. The standard InChI is InChI=1S/C36H64N4O6/c1-21-28-17-26(36(28,3)4)18-29(21)38-35(44)32-31(22(2)42)30(20-41)46-40(32)19-25-12-9-13-27(33(25)45-7)23-10-8-11-24(16-23)34(43)37-14-15-39(5)6/h21-33,41-42H,8-20H2,1-7H3,(H,37,43)(H,38,44)/t21-,22-,23?,24?,25?,26+,27?,28-,29-,30-,31-,32-,33?/m0/s1. The van der Waals surface area contributed by atoms with Crippen LogP contribution in [-0.2, 0) is 19.2 Å². The van der Waals surface area contributed by atoms with E-state index in [-0.39, 0.29) is 42.4 Å². The largest absolute Gasteiger partial charge is 0.394 e. The molecule has 0 spiro atoms. The van der Waals surface area contributed by atoms with Crippen molar-refractivity contribution in [2.75, 3.05) is 47.4 Å². The molecule has 10 nitrogen and oxygen atoms in total. The number of aliphatic hydroxyl groups excluding tert-OH is 2. The number of rotatable bonds is 12. The first-order valence-corrected chi connectivity index (χ1v) is 18.3. The van der Waals surface area contributed by atoms with E-state index in [1.807, 2.05) is 14.1 Å². The third-order valence-corrected chi connectivity index (χ3v) is 13.3. The van der Waals surface area contributed by atoms with Crippen LogP contribution in [0.4, 0.5) is 0 Å². The Morgan fingerprint density at radius 2 is 1.83 bits per heavy atom. The summed E-state index contributed by atoms with van der Waals surface area (Å²) < 4.78 is 6.27. The number of aliphatic hydroxyl groups is 2. The van der Waals surface area contributed by atoms with Crippen LogP contribution in [0, 0.1) is 52.8 Å². The molecule has 2 bridgehead atoms. The Bertz CT molecular complexity index is 1040. The Morgan fingerprint density at radius 1 is 1.09 bits per heavy atom. The number of nitrogens with one attached hydrogen (secondary N) is 2. The van der Waals surface area contributed by atoms with E-state index < -0.39 is 24.2 Å². The van der Waals surface area contributed by atoms with Gasteiger partial charge in [-0.05, 0) is 94.5 Å². The molecule has 1 aliphatic heterocycles. The number of hydrogen-bond acceptors (Lipinski definition) is 8. The maximum atomic E-state index is 14.1. The van der Waals surface area contributed by atoms with Crippen molar-refractivity contribution < 1.29 is 29.4 Å². The molecule has 2 amide bonds. The van der Waals surface area contributed by atoms with Crippen molar-refractivity contribution in [1.29, 1.82) is 0 Å². The molecule has 46 heavy (non-hydrogen) atoms. The van der Waals surface area contributed by atoms with Gasteiger partial charge in [0.05, 0.1) is 18.8 Å². The van der Waals surface area contributed by atoms with Crippen LogP contribution >= 0.6 is 0 Å². The van der Waals surface area contributed by atoms with Crippen LogP contribution in [0.25, 0.3) is 0 Å². The van der Waals surface area contributed by atoms with E-state index in [4.69, 9.17) is 9.57 Å². The number of methoxy groups -OCH3 is 1. The number of hydrogen-bond donors (Lipinski definition) is 4. The monoisotopic (exact) mass is 648 g/mol. The molecule has 6 fully saturated rings. The fourth-order valence-corrected chi connectivity index (χ4v) is 10.5. The summed E-state index contributed by atoms with van der Waals surface area (Å²) in [4.78, 5) is 35.6. The van der Waals surface area contributed by atoms with Crippen molar-refractivity contribution in [3.05, 3.63) is 0 Å². The minimum Gasteiger partial charge on any atom is -0.394 e. The molecule has 10 heteroatoms. The van der Waals surface area contributed by atoms with Crippen LogP contribution in [0.5, 0.6) is 0 Å². The van der Waals surface area contributed by atoms with E-state index in [0.717, 1.165) is 57.9 Å². The lowest BCUT2D eigenvalue weighted by Crippen LogP contribution is -2.62. The lowest BCUT2D eigenvalue weighted by Gasteiger charge is -2.62. The van der Waals surface area contributed by atoms with E-state index in [9.17, 15) is 19.8 Å². The molecule has 0 aromatic rings. The SMILES string of the molecule is COC1C(CN2O[C@@H](CO)[C@H]([C@H](C)O)[C@H]2C(=O)N[C@H]2C[C@H]3C[C@@H]([C@@H]2C)C3(C)C)CCCC1C1CCCC(C(=O)NCCN(C)C)C1. The quantitative estimate of drug-likeness (QED) is 0.255. The molecule has 0 aromatic carbocycles. The third kappa shape index (κ3) is 7.32. The Balaban J connectivity index is 1.26. The Kier molecular flexibility index (Phi) is 11.8. The predicted molar refractivity (Wildman–Crippen MR) is 177 cm³/mol. The smallest absolute Gasteiger partial charge is 0.240 e. The minimum atomic E-state index is -0.811. The minimum absolute atomic E-state index is 0.00694. The number of likely N-dealkylation sites (N-methyl/N-ethyl adjacent to an activating group) is 1. The molecular formula is C36H64N4O6. The highest BCUT2D eigenvalue weighted by atomic mass is 16.7. The van der Waals surface area contributed by atoms with E-state index in [1.54, 1.807) is 19.1 Å². The molecule has 5 saturated carbocycles. The lowest BCUT2D eigenvalue weighted by atomic mass is 9.45. The highest BCUT2D eigenvalue weighted by Gasteiger charge is 2.57. The second-order valence-corrected chi connectivity index (χ2v) is 16.5. The fourth-order valence-electron chi connectivity index (χ4n) is 10.5. The summed E-state index contributed by atoms with van der Waals surface area (Å²) in [6.45, 7) is 10.5. The topological polar surface area (TPSA) is 124 Å². The van der Waals surface area contributed by atoms with Crippen molar-refractivity contribution in [2.45, 2.75) is 116 Å². The summed E-state index contributed by atoms with van der Waals surface area (Å²) in [5, 5.41) is 29.5. The molecular weight excluding hydrogens is 584 g/mol. The van der Waals surface area contributed by atoms with Crippen LogP contribution in [-0.4, -0.2) is 110 Å². The molecule has 5 unspecified atom stereocenters. The first-order valence-electron chi connectivity index (χ1n) is 18.3. The molecule has 0 aromatic heterocycles. The summed E-state index contributed by atoms with van der Waals surface area (Å²) in [5.41, 5.74) is 0.328. The van der Waals surface area contributed by atoms with E-state index >= 15 is 0 Å². The van der Waals surface area contributed by atoms with Crippen LogP contribution in [0.2, 0.25) is 0 Å². The zero-order chi connectivity index (χ0) is 33.3. The molecule has 5 aliphatic carbocycles. The second kappa shape index (κ2) is 15.1. The highest BCUT2D eigenvalue weighted by Crippen LogP contribution is 2.61. The summed E-state index contributed by atoms with van der Waals surface area (Å²) in [7, 11) is 5.83. The van der Waals surface area contributed by atoms with Crippen molar-refractivity contribution in [1.82, 2.24) is 20.6 Å². The van der Waals surface area contributed by atoms with Gasteiger partial charge in [0.1, 0.15) is 12.1 Å². The number of fused-ring (bicyclic) bond motifs is 2. The van der Waals surface area contributed by atoms with Gasteiger partial charge in [0.25, 0.3) is 0 Å². The van der Waals surface area contributed by atoms with Gasteiger partial charge >= 0.3 is 0 Å². The molecule has 264 valence electrons. The van der Waals surface area contributed by atoms with Gasteiger partial charge in [-0.15, -0.1) is 0 Å². The van der Waals surface area contributed by atoms with Gasteiger partial charge in [0, 0.05) is 50.5 Å². The number of amides is 2. The number of carbonyl (C=O) groups is 2. The first kappa shape index (κ1) is 36.0. The molecule has 13 atom stereocenters. The van der Waals surface area contributed by atoms with Gasteiger partial charge in [-0.2, -0.15) is 5.06 Å². The summed E-state index contributed by atoms with van der Waals surface area (Å²) >= 11 is 0. The van der Waals surface area contributed by atoms with Crippen LogP contribution in [0.15, 0.2) is 0 Å². The number of nitrogens with zero attached hydrogens (tertiary/aromatic N) is 2. The zero-order valence-corrected chi connectivity index (χ0v) is 29.6. The van der Waals surface area contributed by atoms with E-state index in [1.165, 1.54) is 6.42 Å². The van der Waals surface area contributed by atoms with Gasteiger partial charge < -0.3 is 30.5 Å². The molecule has 6 aliphatic rings. The average Bonchev–Trinajstić information content (AvgIpc) is 3.40. The maximum Gasteiger partial charge on any atom is 0.240 e. The lowest BCUT2D eigenvalue weighted by molar-refractivity contribution is -0.193. The molecule has 0 radical (unpaired) electrons. The van der Waals surface area contributed by atoms with Crippen molar-refractivity contribution in [3.63, 3.8) is 0 Å². The van der Waals surface area contributed by atoms with Crippen molar-refractivity contribution in [2.24, 2.45) is 52.8 Å². The highest BCUT2D eigenvalue weighted by molar-refractivity contribution is 5.83. The summed E-state index contributed by atoms with van der Waals surface area (Å²) in [6.07, 6.45) is 7.88. The van der Waals surface area contributed by atoms with Crippen molar-refractivity contribution in [3.8, 4) is 0 Å². The van der Waals surface area contributed by atoms with Crippen molar-refractivity contribution >= 4 is 11.8 Å². The van der Waals surface area contributed by atoms with Gasteiger partial charge in [-0.25, -0.2) is 0 Å². The number of carbonyl (C=O) groups excluding carboxylic acids is 2. The van der Waals surface area contributed by atoms with Gasteiger partial charge in [0.15, 0.2) is 0 Å². The Hall–Kier alpha value is -1.30. The van der Waals surface area contributed by atoms with Gasteiger partial charge in [-0.1, -0.05) is 40.0 Å². The third-order valence-electron chi connectivity index (χ3n) is 13.3. The van der Waals surface area contributed by atoms with Crippen LogP contribution in [0.1, 0.15) is 85.5 Å². The molecule has 6 rings (SSSR count). The second-order valence-electron chi connectivity index (χ2n) is 16.5. The molecule has 1 heterocycles. The predicted octanol–water partition coefficient (Wildman–Crippen LogP) is 3.06. The fraction of sp³-hybridized carbons (Fsp3) is 0.944. The van der Waals surface area contributed by atoms with Gasteiger partial charge in [-0.3, -0.25) is 14.4 Å². The Labute approximate surface area is 277 Å². The van der Waals surface area contributed by atoms with Crippen LogP contribution in [0.3, 0.4) is 0 Å². The number of ether oxygens (including phenoxy) is 1. The van der Waals surface area contributed by atoms with Crippen LogP contribution < -0.4 is 10.6 Å². The van der Waals surface area contributed by atoms with E-state index in [0.29, 0.717) is 48.1 Å². The maximum absolute atomic E-state index is 14.1. The molecule has 1 saturated heterocycles. The zero-order valence-electron chi connectivity index (χ0n) is 29.6. The summed E-state index contributed by atoms with van der Waals surface area (Å²) in [6, 6.07) is -0.572. The first-order chi connectivity index (χ1) is 21.9. The van der Waals surface area contributed by atoms with Gasteiger partial charge in [0.2, 0.25) is 11.8 Å². The molecule has 4 N–H and O–H groups in total.